The Morgan fingerprint density at radius 1 is 0.957 bits per heavy atom. The van der Waals surface area contributed by atoms with Gasteiger partial charge in [-0.2, -0.15) is 0 Å². The number of rotatable bonds is 6. The van der Waals surface area contributed by atoms with Crippen LogP contribution in [0, 0.1) is 0 Å². The number of hydrogen-bond donors (Lipinski definition) is 1. The molecule has 0 saturated carbocycles. The van der Waals surface area contributed by atoms with Crippen LogP contribution < -0.4 is 19.9 Å². The van der Waals surface area contributed by atoms with Gasteiger partial charge in [-0.25, -0.2) is 0 Å². The maximum Gasteiger partial charge on any atom is 0.203 e. The second-order valence-corrected chi connectivity index (χ2v) is 4.78. The molecule has 0 bridgehead atoms. The van der Waals surface area contributed by atoms with Crippen molar-refractivity contribution in [3.05, 3.63) is 53.6 Å². The second kappa shape index (κ2) is 7.35. The van der Waals surface area contributed by atoms with Crippen LogP contribution in [0.4, 0.5) is 5.69 Å². The number of hydrogen-bond acceptors (Lipinski definition) is 5. The molecule has 0 radical (unpaired) electrons. The highest BCUT2D eigenvalue weighted by Crippen LogP contribution is 2.38. The zero-order valence-corrected chi connectivity index (χ0v) is 13.3. The molecule has 2 aromatic carbocycles. The lowest BCUT2D eigenvalue weighted by atomic mass is 10.1. The lowest BCUT2D eigenvalue weighted by Gasteiger charge is -2.12. The van der Waals surface area contributed by atoms with Crippen LogP contribution >= 0.6 is 0 Å². The van der Waals surface area contributed by atoms with Crippen molar-refractivity contribution in [1.82, 2.24) is 0 Å². The van der Waals surface area contributed by atoms with Crippen molar-refractivity contribution in [1.29, 1.82) is 0 Å². The van der Waals surface area contributed by atoms with Crippen molar-refractivity contribution >= 4 is 17.5 Å². The number of ether oxygens (including phenoxy) is 3. The second-order valence-electron chi connectivity index (χ2n) is 4.78. The minimum Gasteiger partial charge on any atom is -0.493 e. The van der Waals surface area contributed by atoms with Crippen LogP contribution in [0.5, 0.6) is 17.2 Å². The molecule has 0 unspecified atom stereocenters. The SMILES string of the molecule is COc1cc(/C=C/C(=O)c2ccc(N)cc2)cc(OC)c1OC. The van der Waals surface area contributed by atoms with E-state index >= 15 is 0 Å². The normalized spacial score (nSPS) is 10.6. The minimum absolute atomic E-state index is 0.112. The van der Waals surface area contributed by atoms with Crippen molar-refractivity contribution in [3.63, 3.8) is 0 Å². The van der Waals surface area contributed by atoms with Gasteiger partial charge in [-0.1, -0.05) is 6.08 Å². The van der Waals surface area contributed by atoms with E-state index in [4.69, 9.17) is 19.9 Å². The number of benzene rings is 2. The first-order valence-electron chi connectivity index (χ1n) is 6.97. The van der Waals surface area contributed by atoms with E-state index < -0.39 is 0 Å². The summed E-state index contributed by atoms with van der Waals surface area (Å²) in [5.41, 5.74) is 7.57. The zero-order chi connectivity index (χ0) is 16.8. The number of ketones is 1. The molecular weight excluding hydrogens is 294 g/mol. The van der Waals surface area contributed by atoms with Crippen LogP contribution in [0.2, 0.25) is 0 Å². The third-order valence-electron chi connectivity index (χ3n) is 3.31. The third-order valence-corrected chi connectivity index (χ3v) is 3.31. The molecule has 0 aliphatic heterocycles. The fourth-order valence-corrected chi connectivity index (χ4v) is 2.11. The van der Waals surface area contributed by atoms with E-state index in [0.717, 1.165) is 5.56 Å². The lowest BCUT2D eigenvalue weighted by molar-refractivity contribution is 0.104. The van der Waals surface area contributed by atoms with Crippen LogP contribution in [0.3, 0.4) is 0 Å². The first kappa shape index (κ1) is 16.4. The topological polar surface area (TPSA) is 70.8 Å². The first-order chi connectivity index (χ1) is 11.1. The molecule has 0 fully saturated rings. The number of carbonyl (C=O) groups excluding carboxylic acids is 1. The number of carbonyl (C=O) groups is 1. The molecule has 5 nitrogen and oxygen atoms in total. The Morgan fingerprint density at radius 2 is 1.52 bits per heavy atom. The van der Waals surface area contributed by atoms with Crippen LogP contribution in [-0.2, 0) is 0 Å². The fraction of sp³-hybridized carbons (Fsp3) is 0.167. The number of methoxy groups -OCH3 is 3. The predicted molar refractivity (Wildman–Crippen MR) is 90.3 cm³/mol. The molecule has 0 atom stereocenters. The van der Waals surface area contributed by atoms with Crippen LogP contribution in [0.15, 0.2) is 42.5 Å². The van der Waals surface area contributed by atoms with Gasteiger partial charge in [-0.15, -0.1) is 0 Å². The van der Waals surface area contributed by atoms with Crippen molar-refractivity contribution in [2.75, 3.05) is 27.1 Å². The largest absolute Gasteiger partial charge is 0.493 e. The van der Waals surface area contributed by atoms with Crippen LogP contribution in [0.1, 0.15) is 15.9 Å². The Bertz CT molecular complexity index is 695. The average Bonchev–Trinajstić information content (AvgIpc) is 2.59. The monoisotopic (exact) mass is 313 g/mol. The fourth-order valence-electron chi connectivity index (χ4n) is 2.11. The molecule has 2 N–H and O–H groups in total. The summed E-state index contributed by atoms with van der Waals surface area (Å²) in [5.74, 6) is 1.47. The lowest BCUT2D eigenvalue weighted by Crippen LogP contribution is -1.96. The Balaban J connectivity index is 2.28. The molecule has 2 rings (SSSR count). The van der Waals surface area contributed by atoms with Gasteiger partial charge in [-0.05, 0) is 48.0 Å². The molecule has 2 aromatic rings. The number of anilines is 1. The van der Waals surface area contributed by atoms with Gasteiger partial charge in [-0.3, -0.25) is 4.79 Å². The van der Waals surface area contributed by atoms with Gasteiger partial charge in [0.1, 0.15) is 0 Å². The van der Waals surface area contributed by atoms with Gasteiger partial charge in [0.05, 0.1) is 21.3 Å². The summed E-state index contributed by atoms with van der Waals surface area (Å²) in [4.78, 5) is 12.1. The smallest absolute Gasteiger partial charge is 0.203 e. The summed E-state index contributed by atoms with van der Waals surface area (Å²) in [6.07, 6.45) is 3.19. The molecule has 0 heterocycles. The van der Waals surface area contributed by atoms with Crippen molar-refractivity contribution in [2.24, 2.45) is 0 Å². The molecule has 0 aromatic heterocycles. The Labute approximate surface area is 135 Å². The van der Waals surface area contributed by atoms with Gasteiger partial charge in [0.2, 0.25) is 5.75 Å². The minimum atomic E-state index is -0.112. The number of nitrogens with two attached hydrogens (primary N) is 1. The zero-order valence-electron chi connectivity index (χ0n) is 13.3. The Kier molecular flexibility index (Phi) is 5.25. The van der Waals surface area contributed by atoms with Crippen LogP contribution in [-0.4, -0.2) is 27.1 Å². The van der Waals surface area contributed by atoms with Crippen LogP contribution in [0.25, 0.3) is 6.08 Å². The highest BCUT2D eigenvalue weighted by molar-refractivity contribution is 6.07. The van der Waals surface area contributed by atoms with Crippen molar-refractivity contribution in [2.45, 2.75) is 0 Å². The molecule has 0 amide bonds. The maximum atomic E-state index is 12.1. The summed E-state index contributed by atoms with van der Waals surface area (Å²) in [6.45, 7) is 0. The predicted octanol–water partition coefficient (Wildman–Crippen LogP) is 3.19. The molecule has 0 spiro atoms. The van der Waals surface area contributed by atoms with Gasteiger partial charge in [0, 0.05) is 11.3 Å². The summed E-state index contributed by atoms with van der Waals surface area (Å²) in [6, 6.07) is 10.3. The number of nitrogen functional groups attached to an aromatic ring is 1. The molecule has 23 heavy (non-hydrogen) atoms. The molecule has 120 valence electrons. The summed E-state index contributed by atoms with van der Waals surface area (Å²) in [5, 5.41) is 0. The third kappa shape index (κ3) is 3.83. The van der Waals surface area contributed by atoms with E-state index in [0.29, 0.717) is 28.5 Å². The van der Waals surface area contributed by atoms with Gasteiger partial charge < -0.3 is 19.9 Å². The number of allylic oxidation sites excluding steroid dienone is 1. The molecule has 5 heteroatoms. The van der Waals surface area contributed by atoms with Crippen molar-refractivity contribution in [3.8, 4) is 17.2 Å². The van der Waals surface area contributed by atoms with E-state index in [1.54, 1.807) is 63.8 Å². The summed E-state index contributed by atoms with van der Waals surface area (Å²) >= 11 is 0. The summed E-state index contributed by atoms with van der Waals surface area (Å²) in [7, 11) is 4.63. The quantitative estimate of drug-likeness (QED) is 0.504. The first-order valence-corrected chi connectivity index (χ1v) is 6.97. The van der Waals surface area contributed by atoms with Gasteiger partial charge >= 0.3 is 0 Å². The Hall–Kier alpha value is -2.95. The highest BCUT2D eigenvalue weighted by Gasteiger charge is 2.12. The van der Waals surface area contributed by atoms with E-state index in [9.17, 15) is 4.79 Å². The average molecular weight is 313 g/mol. The molecular formula is C18H19NO4. The molecule has 0 saturated heterocycles. The Morgan fingerprint density at radius 3 is 2.00 bits per heavy atom. The van der Waals surface area contributed by atoms with Gasteiger partial charge in [0.25, 0.3) is 0 Å². The maximum absolute atomic E-state index is 12.1. The van der Waals surface area contributed by atoms with Crippen molar-refractivity contribution < 1.29 is 19.0 Å². The van der Waals surface area contributed by atoms with E-state index in [-0.39, 0.29) is 5.78 Å². The molecule has 0 aliphatic rings. The van der Waals surface area contributed by atoms with E-state index in [1.165, 1.54) is 6.08 Å². The highest BCUT2D eigenvalue weighted by atomic mass is 16.5. The van der Waals surface area contributed by atoms with Gasteiger partial charge in [0.15, 0.2) is 17.3 Å². The summed E-state index contributed by atoms with van der Waals surface area (Å²) < 4.78 is 15.8. The van der Waals surface area contributed by atoms with E-state index in [2.05, 4.69) is 0 Å². The van der Waals surface area contributed by atoms with E-state index in [1.807, 2.05) is 0 Å². The standard InChI is InChI=1S/C18H19NO4/c1-21-16-10-12(11-17(22-2)18(16)23-3)4-9-15(20)13-5-7-14(19)8-6-13/h4-11H,19H2,1-3H3/b9-4+. The molecule has 0 aliphatic carbocycles.